The largest absolute Gasteiger partial charge is 0.392 e. The zero-order valence-electron chi connectivity index (χ0n) is 10.5. The Morgan fingerprint density at radius 3 is 2.89 bits per heavy atom. The molecule has 1 aromatic carbocycles. The van der Waals surface area contributed by atoms with Gasteiger partial charge < -0.3 is 9.63 Å². The third kappa shape index (κ3) is 3.34. The first kappa shape index (κ1) is 13.1. The first-order valence-corrected chi connectivity index (χ1v) is 6.82. The SMILES string of the molecule is CC(C)c1nc(CSc2cccc(CO)c2)no1. The maximum atomic E-state index is 9.06. The first-order valence-electron chi connectivity index (χ1n) is 5.84. The highest BCUT2D eigenvalue weighted by Gasteiger charge is 2.09. The highest BCUT2D eigenvalue weighted by molar-refractivity contribution is 7.98. The van der Waals surface area contributed by atoms with E-state index in [1.165, 1.54) is 0 Å². The van der Waals surface area contributed by atoms with E-state index in [9.17, 15) is 0 Å². The number of aliphatic hydroxyl groups excluding tert-OH is 1. The molecule has 96 valence electrons. The van der Waals surface area contributed by atoms with Crippen LogP contribution >= 0.6 is 11.8 Å². The van der Waals surface area contributed by atoms with Gasteiger partial charge in [-0.25, -0.2) is 0 Å². The van der Waals surface area contributed by atoms with E-state index in [-0.39, 0.29) is 12.5 Å². The van der Waals surface area contributed by atoms with Crippen LogP contribution < -0.4 is 0 Å². The summed E-state index contributed by atoms with van der Waals surface area (Å²) in [6.45, 7) is 4.11. The molecule has 4 nitrogen and oxygen atoms in total. The van der Waals surface area contributed by atoms with Gasteiger partial charge in [0.2, 0.25) is 5.89 Å². The second kappa shape index (κ2) is 6.02. The van der Waals surface area contributed by atoms with Crippen LogP contribution in [-0.4, -0.2) is 15.2 Å². The molecule has 0 unspecified atom stereocenters. The lowest BCUT2D eigenvalue weighted by molar-refractivity contribution is 0.281. The van der Waals surface area contributed by atoms with Crippen LogP contribution in [0.5, 0.6) is 0 Å². The minimum atomic E-state index is 0.0636. The van der Waals surface area contributed by atoms with Gasteiger partial charge in [-0.05, 0) is 17.7 Å². The summed E-state index contributed by atoms with van der Waals surface area (Å²) in [7, 11) is 0. The van der Waals surface area contributed by atoms with E-state index in [1.54, 1.807) is 11.8 Å². The molecule has 0 radical (unpaired) electrons. The van der Waals surface area contributed by atoms with Crippen molar-refractivity contribution in [3.63, 3.8) is 0 Å². The summed E-state index contributed by atoms with van der Waals surface area (Å²) in [6.07, 6.45) is 0. The molecule has 1 aromatic heterocycles. The Morgan fingerprint density at radius 1 is 1.39 bits per heavy atom. The first-order chi connectivity index (χ1) is 8.69. The Labute approximate surface area is 110 Å². The van der Waals surface area contributed by atoms with E-state index < -0.39 is 0 Å². The summed E-state index contributed by atoms with van der Waals surface area (Å²) < 4.78 is 5.14. The zero-order chi connectivity index (χ0) is 13.0. The molecule has 0 saturated heterocycles. The summed E-state index contributed by atoms with van der Waals surface area (Å²) >= 11 is 1.63. The predicted octanol–water partition coefficient (Wildman–Crippen LogP) is 2.98. The van der Waals surface area contributed by atoms with Gasteiger partial charge in [-0.2, -0.15) is 4.98 Å². The number of benzene rings is 1. The quantitative estimate of drug-likeness (QED) is 0.841. The molecule has 0 spiro atoms. The maximum absolute atomic E-state index is 9.06. The molecule has 1 heterocycles. The number of hydrogen-bond acceptors (Lipinski definition) is 5. The summed E-state index contributed by atoms with van der Waals surface area (Å²) in [5, 5.41) is 13.0. The van der Waals surface area contributed by atoms with Crippen molar-refractivity contribution in [2.24, 2.45) is 0 Å². The van der Waals surface area contributed by atoms with Crippen molar-refractivity contribution in [3.05, 3.63) is 41.5 Å². The Bertz CT molecular complexity index is 511. The Morgan fingerprint density at radius 2 is 2.22 bits per heavy atom. The van der Waals surface area contributed by atoms with E-state index in [1.807, 2.05) is 38.1 Å². The fourth-order valence-electron chi connectivity index (χ4n) is 1.44. The van der Waals surface area contributed by atoms with Gasteiger partial charge in [-0.1, -0.05) is 31.1 Å². The average Bonchev–Trinajstić information content (AvgIpc) is 2.85. The molecule has 0 amide bonds. The molecule has 1 N–H and O–H groups in total. The average molecular weight is 264 g/mol. The van der Waals surface area contributed by atoms with E-state index in [0.29, 0.717) is 17.5 Å². The van der Waals surface area contributed by atoms with Crippen LogP contribution in [0.25, 0.3) is 0 Å². The standard InChI is InChI=1S/C13H16N2O2S/c1-9(2)13-14-12(15-17-13)8-18-11-5-3-4-10(6-11)7-16/h3-6,9,16H,7-8H2,1-2H3. The monoisotopic (exact) mass is 264 g/mol. The van der Waals surface area contributed by atoms with Crippen LogP contribution in [-0.2, 0) is 12.4 Å². The minimum Gasteiger partial charge on any atom is -0.392 e. The number of aliphatic hydroxyl groups is 1. The van der Waals surface area contributed by atoms with E-state index in [2.05, 4.69) is 10.1 Å². The summed E-state index contributed by atoms with van der Waals surface area (Å²) in [6, 6.07) is 7.81. The van der Waals surface area contributed by atoms with Crippen molar-refractivity contribution in [3.8, 4) is 0 Å². The Kier molecular flexibility index (Phi) is 4.38. The maximum Gasteiger partial charge on any atom is 0.229 e. The minimum absolute atomic E-state index is 0.0636. The molecule has 0 saturated carbocycles. The second-order valence-corrected chi connectivity index (χ2v) is 5.35. The highest BCUT2D eigenvalue weighted by atomic mass is 32.2. The number of nitrogens with zero attached hydrogens (tertiary/aromatic N) is 2. The smallest absolute Gasteiger partial charge is 0.229 e. The molecule has 5 heteroatoms. The van der Waals surface area contributed by atoms with Crippen molar-refractivity contribution in [2.45, 2.75) is 37.0 Å². The number of thioether (sulfide) groups is 1. The van der Waals surface area contributed by atoms with Crippen LogP contribution in [0.3, 0.4) is 0 Å². The number of aromatic nitrogens is 2. The molecule has 0 aliphatic rings. The topological polar surface area (TPSA) is 59.2 Å². The van der Waals surface area contributed by atoms with Crippen LogP contribution in [0.2, 0.25) is 0 Å². The van der Waals surface area contributed by atoms with Crippen molar-refractivity contribution >= 4 is 11.8 Å². The van der Waals surface area contributed by atoms with Gasteiger partial charge in [-0.3, -0.25) is 0 Å². The second-order valence-electron chi connectivity index (χ2n) is 4.30. The van der Waals surface area contributed by atoms with Crippen molar-refractivity contribution in [2.75, 3.05) is 0 Å². The van der Waals surface area contributed by atoms with Crippen LogP contribution in [0.4, 0.5) is 0 Å². The summed E-state index contributed by atoms with van der Waals surface area (Å²) in [5.41, 5.74) is 0.913. The lowest BCUT2D eigenvalue weighted by Gasteiger charge is -2.01. The fraction of sp³-hybridized carbons (Fsp3) is 0.385. The van der Waals surface area contributed by atoms with Gasteiger partial charge in [0.15, 0.2) is 5.82 Å². The Hall–Kier alpha value is -1.33. The van der Waals surface area contributed by atoms with E-state index in [0.717, 1.165) is 10.5 Å². The summed E-state index contributed by atoms with van der Waals surface area (Å²) in [5.74, 6) is 2.31. The van der Waals surface area contributed by atoms with Crippen molar-refractivity contribution in [1.82, 2.24) is 10.1 Å². The molecule has 2 aromatic rings. The van der Waals surface area contributed by atoms with Crippen LogP contribution in [0, 0.1) is 0 Å². The Balaban J connectivity index is 1.97. The normalized spacial score (nSPS) is 11.1. The molecule has 2 rings (SSSR count). The molecule has 0 fully saturated rings. The van der Waals surface area contributed by atoms with Gasteiger partial charge in [0.25, 0.3) is 0 Å². The molecule has 0 atom stereocenters. The third-order valence-corrected chi connectivity index (χ3v) is 3.42. The highest BCUT2D eigenvalue weighted by Crippen LogP contribution is 2.23. The number of hydrogen-bond donors (Lipinski definition) is 1. The third-order valence-electron chi connectivity index (χ3n) is 2.43. The van der Waals surface area contributed by atoms with Gasteiger partial charge in [0.05, 0.1) is 12.4 Å². The zero-order valence-corrected chi connectivity index (χ0v) is 11.3. The molecular weight excluding hydrogens is 248 g/mol. The molecule has 18 heavy (non-hydrogen) atoms. The van der Waals surface area contributed by atoms with Gasteiger partial charge in [0.1, 0.15) is 0 Å². The van der Waals surface area contributed by atoms with Crippen LogP contribution in [0.1, 0.15) is 37.0 Å². The van der Waals surface area contributed by atoms with Crippen molar-refractivity contribution in [1.29, 1.82) is 0 Å². The van der Waals surface area contributed by atoms with Gasteiger partial charge >= 0.3 is 0 Å². The van der Waals surface area contributed by atoms with Gasteiger partial charge in [-0.15, -0.1) is 11.8 Å². The van der Waals surface area contributed by atoms with Crippen LogP contribution in [0.15, 0.2) is 33.7 Å². The molecule has 0 aliphatic heterocycles. The lowest BCUT2D eigenvalue weighted by atomic mass is 10.2. The van der Waals surface area contributed by atoms with E-state index >= 15 is 0 Å². The van der Waals surface area contributed by atoms with Gasteiger partial charge in [0, 0.05) is 10.8 Å². The fourth-order valence-corrected chi connectivity index (χ4v) is 2.26. The predicted molar refractivity (Wildman–Crippen MR) is 70.3 cm³/mol. The molecule has 0 bridgehead atoms. The summed E-state index contributed by atoms with van der Waals surface area (Å²) in [4.78, 5) is 5.41. The lowest BCUT2D eigenvalue weighted by Crippen LogP contribution is -1.89. The van der Waals surface area contributed by atoms with Crippen molar-refractivity contribution < 1.29 is 9.63 Å². The number of rotatable bonds is 5. The van der Waals surface area contributed by atoms with E-state index in [4.69, 9.17) is 9.63 Å². The molecule has 0 aliphatic carbocycles. The molecular formula is C13H16N2O2S.